The van der Waals surface area contributed by atoms with Crippen LogP contribution in [0.4, 0.5) is 0 Å². The Labute approximate surface area is 203 Å². The Hall–Kier alpha value is -3.98. The number of Topliss-reactive ketones (excluding diaryl/α,β-unsaturated/α-hetero) is 1. The molecule has 4 aromatic heterocycles. The van der Waals surface area contributed by atoms with E-state index in [1.807, 2.05) is 24.4 Å². The number of pyridine rings is 3. The Morgan fingerprint density at radius 2 is 1.89 bits per heavy atom. The summed E-state index contributed by atoms with van der Waals surface area (Å²) in [5.74, 6) is -0.415. The van der Waals surface area contributed by atoms with Crippen molar-refractivity contribution in [2.45, 2.75) is 25.3 Å². The molecule has 1 saturated heterocycles. The molecule has 0 aromatic carbocycles. The van der Waals surface area contributed by atoms with Gasteiger partial charge in [-0.3, -0.25) is 24.2 Å². The van der Waals surface area contributed by atoms with Crippen LogP contribution in [-0.4, -0.2) is 68.5 Å². The highest BCUT2D eigenvalue weighted by atomic mass is 16.1. The molecule has 4 aromatic rings. The lowest BCUT2D eigenvalue weighted by Crippen LogP contribution is -2.31. The Morgan fingerprint density at radius 3 is 2.63 bits per heavy atom. The number of carbonyl (C=O) groups excluding carboxylic acids is 2. The van der Waals surface area contributed by atoms with Gasteiger partial charge < -0.3 is 10.2 Å². The Kier molecular flexibility index (Phi) is 6.33. The first-order chi connectivity index (χ1) is 17.0. The van der Waals surface area contributed by atoms with Crippen LogP contribution in [0.1, 0.15) is 45.4 Å². The van der Waals surface area contributed by atoms with Crippen LogP contribution < -0.4 is 5.32 Å². The number of nitrogens with zero attached hydrogens (tertiary/aromatic N) is 6. The monoisotopic (exact) mass is 469 g/mol. The van der Waals surface area contributed by atoms with E-state index in [-0.39, 0.29) is 23.8 Å². The van der Waals surface area contributed by atoms with E-state index < -0.39 is 0 Å². The minimum Gasteiger partial charge on any atom is -0.354 e. The SMILES string of the molecule is CNC(=O)c1ccc(C(=O)Cc2cc3nc(-c4cnn(C5CCN(C)CC5)c4)ccc3cn2)cn1. The van der Waals surface area contributed by atoms with Gasteiger partial charge in [0.15, 0.2) is 5.78 Å². The summed E-state index contributed by atoms with van der Waals surface area (Å²) in [5.41, 5.74) is 3.92. The molecule has 35 heavy (non-hydrogen) atoms. The molecule has 0 saturated carbocycles. The minimum absolute atomic E-state index is 0.122. The van der Waals surface area contributed by atoms with Crippen LogP contribution in [0.25, 0.3) is 22.2 Å². The minimum atomic E-state index is -0.293. The van der Waals surface area contributed by atoms with Crippen LogP contribution in [0.3, 0.4) is 0 Å². The fourth-order valence-electron chi connectivity index (χ4n) is 4.33. The second kappa shape index (κ2) is 9.71. The van der Waals surface area contributed by atoms with E-state index in [1.165, 1.54) is 13.2 Å². The number of hydrogen-bond acceptors (Lipinski definition) is 7. The predicted octanol–water partition coefficient (Wildman–Crippen LogP) is 2.94. The van der Waals surface area contributed by atoms with E-state index in [1.54, 1.807) is 18.3 Å². The van der Waals surface area contributed by atoms with Crippen molar-refractivity contribution in [2.75, 3.05) is 27.2 Å². The molecule has 0 atom stereocenters. The van der Waals surface area contributed by atoms with Gasteiger partial charge >= 0.3 is 0 Å². The number of carbonyl (C=O) groups is 2. The third kappa shape index (κ3) is 4.95. The van der Waals surface area contributed by atoms with Crippen molar-refractivity contribution < 1.29 is 9.59 Å². The standard InChI is InChI=1S/C26H27N7O2/c1-27-26(35)23-6-4-18(14-29-23)25(34)12-20-11-24-17(13-28-20)3-5-22(31-24)19-15-30-33(16-19)21-7-9-32(2)10-8-21/h3-6,11,13-16,21H,7-10,12H2,1-2H3,(H,27,35). The van der Waals surface area contributed by atoms with Gasteiger partial charge in [-0.15, -0.1) is 0 Å². The van der Waals surface area contributed by atoms with E-state index in [0.717, 1.165) is 48.1 Å². The van der Waals surface area contributed by atoms with Gasteiger partial charge in [0.1, 0.15) is 5.69 Å². The van der Waals surface area contributed by atoms with Crippen molar-refractivity contribution in [2.24, 2.45) is 0 Å². The molecule has 0 spiro atoms. The number of nitrogens with one attached hydrogen (secondary N) is 1. The normalized spacial score (nSPS) is 14.8. The zero-order valence-electron chi connectivity index (χ0n) is 19.8. The summed E-state index contributed by atoms with van der Waals surface area (Å²) in [6, 6.07) is 9.39. The molecule has 1 N–H and O–H groups in total. The number of likely N-dealkylation sites (tertiary alicyclic amines) is 1. The molecule has 5 rings (SSSR count). The van der Waals surface area contributed by atoms with E-state index in [9.17, 15) is 9.59 Å². The average molecular weight is 470 g/mol. The summed E-state index contributed by atoms with van der Waals surface area (Å²) in [5, 5.41) is 8.02. The van der Waals surface area contributed by atoms with Crippen LogP contribution in [0.15, 0.2) is 55.1 Å². The van der Waals surface area contributed by atoms with Crippen molar-refractivity contribution in [1.29, 1.82) is 0 Å². The maximum atomic E-state index is 12.7. The predicted molar refractivity (Wildman–Crippen MR) is 132 cm³/mol. The summed E-state index contributed by atoms with van der Waals surface area (Å²) in [4.78, 5) is 40.1. The van der Waals surface area contributed by atoms with Crippen LogP contribution in [-0.2, 0) is 6.42 Å². The molecule has 1 fully saturated rings. The number of fused-ring (bicyclic) bond motifs is 1. The third-order valence-electron chi connectivity index (χ3n) is 6.48. The summed E-state index contributed by atoms with van der Waals surface area (Å²) >= 11 is 0. The summed E-state index contributed by atoms with van der Waals surface area (Å²) in [7, 11) is 3.69. The molecule has 0 radical (unpaired) electrons. The first-order valence-electron chi connectivity index (χ1n) is 11.7. The molecule has 0 aliphatic carbocycles. The highest BCUT2D eigenvalue weighted by molar-refractivity contribution is 5.98. The van der Waals surface area contributed by atoms with Gasteiger partial charge in [-0.2, -0.15) is 5.10 Å². The highest BCUT2D eigenvalue weighted by Gasteiger charge is 2.19. The van der Waals surface area contributed by atoms with Crippen LogP contribution in [0.5, 0.6) is 0 Å². The largest absolute Gasteiger partial charge is 0.354 e. The number of piperidine rings is 1. The Balaban J connectivity index is 1.33. The molecule has 1 amide bonds. The molecular weight excluding hydrogens is 442 g/mol. The van der Waals surface area contributed by atoms with E-state index >= 15 is 0 Å². The molecule has 0 unspecified atom stereocenters. The molecule has 1 aliphatic rings. The zero-order chi connectivity index (χ0) is 24.4. The zero-order valence-corrected chi connectivity index (χ0v) is 19.8. The molecule has 9 nitrogen and oxygen atoms in total. The Morgan fingerprint density at radius 1 is 1.06 bits per heavy atom. The van der Waals surface area contributed by atoms with E-state index in [2.05, 4.69) is 43.2 Å². The Bertz CT molecular complexity index is 1370. The molecule has 9 heteroatoms. The molecule has 5 heterocycles. The van der Waals surface area contributed by atoms with Crippen LogP contribution in [0, 0.1) is 0 Å². The number of amides is 1. The van der Waals surface area contributed by atoms with Gasteiger partial charge in [0, 0.05) is 42.2 Å². The van der Waals surface area contributed by atoms with E-state index in [4.69, 9.17) is 4.98 Å². The first kappa shape index (κ1) is 22.8. The summed E-state index contributed by atoms with van der Waals surface area (Å²) in [6.07, 6.45) is 9.41. The number of rotatable bonds is 6. The number of aromatic nitrogens is 5. The van der Waals surface area contributed by atoms with Gasteiger partial charge in [-0.1, -0.05) is 0 Å². The second-order valence-corrected chi connectivity index (χ2v) is 8.92. The molecule has 1 aliphatic heterocycles. The van der Waals surface area contributed by atoms with Crippen molar-refractivity contribution >= 4 is 22.6 Å². The summed E-state index contributed by atoms with van der Waals surface area (Å²) < 4.78 is 2.06. The van der Waals surface area contributed by atoms with Crippen molar-refractivity contribution in [3.63, 3.8) is 0 Å². The second-order valence-electron chi connectivity index (χ2n) is 8.92. The van der Waals surface area contributed by atoms with Gasteiger partial charge in [-0.25, -0.2) is 4.98 Å². The summed E-state index contributed by atoms with van der Waals surface area (Å²) in [6.45, 7) is 2.16. The van der Waals surface area contributed by atoms with Gasteiger partial charge in [0.25, 0.3) is 5.91 Å². The number of hydrogen-bond donors (Lipinski definition) is 1. The lowest BCUT2D eigenvalue weighted by atomic mass is 10.1. The fourth-order valence-corrected chi connectivity index (χ4v) is 4.33. The van der Waals surface area contributed by atoms with Crippen molar-refractivity contribution in [3.05, 3.63) is 72.1 Å². The topological polar surface area (TPSA) is 106 Å². The average Bonchev–Trinajstić information content (AvgIpc) is 3.38. The quantitative estimate of drug-likeness (QED) is 0.433. The molecular formula is C26H27N7O2. The number of ketones is 1. The fraction of sp³-hybridized carbons (Fsp3) is 0.308. The lowest BCUT2D eigenvalue weighted by Gasteiger charge is -2.28. The van der Waals surface area contributed by atoms with Crippen LogP contribution >= 0.6 is 0 Å². The first-order valence-corrected chi connectivity index (χ1v) is 11.7. The molecule has 0 bridgehead atoms. The van der Waals surface area contributed by atoms with E-state index in [0.29, 0.717) is 17.3 Å². The maximum Gasteiger partial charge on any atom is 0.269 e. The maximum absolute atomic E-state index is 12.7. The third-order valence-corrected chi connectivity index (χ3v) is 6.48. The van der Waals surface area contributed by atoms with Crippen molar-refractivity contribution in [3.8, 4) is 11.3 Å². The van der Waals surface area contributed by atoms with Gasteiger partial charge in [-0.05, 0) is 63.3 Å². The smallest absolute Gasteiger partial charge is 0.269 e. The van der Waals surface area contributed by atoms with Crippen molar-refractivity contribution in [1.82, 2.24) is 34.9 Å². The highest BCUT2D eigenvalue weighted by Crippen LogP contribution is 2.25. The van der Waals surface area contributed by atoms with Gasteiger partial charge in [0.2, 0.25) is 0 Å². The van der Waals surface area contributed by atoms with Gasteiger partial charge in [0.05, 0.1) is 35.6 Å². The molecule has 178 valence electrons. The lowest BCUT2D eigenvalue weighted by molar-refractivity contribution is 0.0953. The van der Waals surface area contributed by atoms with Crippen LogP contribution in [0.2, 0.25) is 0 Å².